The van der Waals surface area contributed by atoms with Gasteiger partial charge in [0, 0.05) is 6.20 Å². The van der Waals surface area contributed by atoms with Gasteiger partial charge < -0.3 is 5.11 Å². The van der Waals surface area contributed by atoms with E-state index >= 15 is 0 Å². The topological polar surface area (TPSA) is 75.1 Å². The number of carboxylic acids is 1. The summed E-state index contributed by atoms with van der Waals surface area (Å²) >= 11 is 5.91. The summed E-state index contributed by atoms with van der Waals surface area (Å²) < 4.78 is 1.29. The molecular weight excluding hydrogens is 232 g/mol. The largest absolute Gasteiger partial charge is 0.477 e. The summed E-state index contributed by atoms with van der Waals surface area (Å²) in [6.45, 7) is 0. The molecule has 0 aliphatic carbocycles. The van der Waals surface area contributed by atoms with Crippen molar-refractivity contribution in [3.8, 4) is 5.69 Å². The van der Waals surface area contributed by atoms with E-state index in [2.05, 4.69) is 5.10 Å². The highest BCUT2D eigenvalue weighted by molar-refractivity contribution is 6.32. The molecule has 16 heavy (non-hydrogen) atoms. The summed E-state index contributed by atoms with van der Waals surface area (Å²) in [5.74, 6) is -1.27. The van der Waals surface area contributed by atoms with Gasteiger partial charge in [0.25, 0.3) is 5.56 Å². The number of aromatic nitrogens is 2. The number of rotatable bonds is 2. The number of nitrogens with one attached hydrogen (secondary N) is 1. The fraction of sp³-hybridized carbons (Fsp3) is 0. The van der Waals surface area contributed by atoms with E-state index in [-0.39, 0.29) is 5.56 Å². The van der Waals surface area contributed by atoms with E-state index in [1.165, 1.54) is 10.9 Å². The van der Waals surface area contributed by atoms with Gasteiger partial charge in [0.15, 0.2) is 0 Å². The van der Waals surface area contributed by atoms with Crippen molar-refractivity contribution >= 4 is 17.6 Å². The van der Waals surface area contributed by atoms with Crippen LogP contribution in [0, 0.1) is 0 Å². The zero-order chi connectivity index (χ0) is 11.7. The van der Waals surface area contributed by atoms with Crippen LogP contribution in [0.2, 0.25) is 5.02 Å². The molecule has 0 bridgehead atoms. The summed E-state index contributed by atoms with van der Waals surface area (Å²) in [6.07, 6.45) is 1.20. The minimum atomic E-state index is -1.27. The molecule has 5 nitrogen and oxygen atoms in total. The van der Waals surface area contributed by atoms with Gasteiger partial charge in [0.2, 0.25) is 0 Å². The molecule has 2 N–H and O–H groups in total. The van der Waals surface area contributed by atoms with Gasteiger partial charge in [-0.3, -0.25) is 14.6 Å². The number of benzene rings is 1. The predicted octanol–water partition coefficient (Wildman–Crippen LogP) is 1.52. The van der Waals surface area contributed by atoms with Gasteiger partial charge in [-0.2, -0.15) is 0 Å². The Balaban J connectivity index is 2.59. The van der Waals surface area contributed by atoms with Crippen LogP contribution in [0.3, 0.4) is 0 Å². The number of para-hydroxylation sites is 1. The molecule has 1 aromatic heterocycles. The van der Waals surface area contributed by atoms with Crippen molar-refractivity contribution in [1.29, 1.82) is 0 Å². The van der Waals surface area contributed by atoms with Crippen LogP contribution in [0.1, 0.15) is 10.4 Å². The van der Waals surface area contributed by atoms with Crippen LogP contribution in [0.15, 0.2) is 35.3 Å². The zero-order valence-corrected chi connectivity index (χ0v) is 8.73. The molecule has 0 spiro atoms. The molecule has 6 heteroatoms. The SMILES string of the molecule is O=C(O)c1cn(-c2ccccc2Cl)[nH]c1=O. The van der Waals surface area contributed by atoms with E-state index in [4.69, 9.17) is 16.7 Å². The van der Waals surface area contributed by atoms with Crippen LogP contribution in [0.5, 0.6) is 0 Å². The van der Waals surface area contributed by atoms with Crippen molar-refractivity contribution < 1.29 is 9.90 Å². The first-order chi connectivity index (χ1) is 7.59. The van der Waals surface area contributed by atoms with E-state index in [9.17, 15) is 9.59 Å². The number of H-pyrrole nitrogens is 1. The quantitative estimate of drug-likeness (QED) is 0.833. The van der Waals surface area contributed by atoms with Crippen LogP contribution in [0.25, 0.3) is 5.69 Å². The molecule has 82 valence electrons. The summed E-state index contributed by atoms with van der Waals surface area (Å²) in [5.41, 5.74) is -0.457. The maximum Gasteiger partial charge on any atom is 0.342 e. The van der Waals surface area contributed by atoms with Crippen LogP contribution in [0.4, 0.5) is 0 Å². The van der Waals surface area contributed by atoms with E-state index in [0.29, 0.717) is 10.7 Å². The number of hydrogen-bond acceptors (Lipinski definition) is 2. The van der Waals surface area contributed by atoms with Crippen LogP contribution in [-0.2, 0) is 0 Å². The molecule has 0 saturated carbocycles. The molecular formula is C10H7ClN2O3. The average Bonchev–Trinajstić information content (AvgIpc) is 2.61. The second-order valence-corrected chi connectivity index (χ2v) is 3.52. The molecule has 2 aromatic rings. The third kappa shape index (κ3) is 1.72. The molecule has 1 aromatic carbocycles. The second-order valence-electron chi connectivity index (χ2n) is 3.11. The number of aromatic amines is 1. The highest BCUT2D eigenvalue weighted by Gasteiger charge is 2.13. The maximum absolute atomic E-state index is 11.3. The summed E-state index contributed by atoms with van der Waals surface area (Å²) in [4.78, 5) is 22.0. The molecule has 0 unspecified atom stereocenters. The highest BCUT2D eigenvalue weighted by atomic mass is 35.5. The molecule has 0 fully saturated rings. The first-order valence-corrected chi connectivity index (χ1v) is 4.77. The number of halogens is 1. The van der Waals surface area contributed by atoms with Gasteiger partial charge in [-0.25, -0.2) is 4.79 Å². The van der Waals surface area contributed by atoms with Gasteiger partial charge in [-0.15, -0.1) is 0 Å². The highest BCUT2D eigenvalue weighted by Crippen LogP contribution is 2.18. The van der Waals surface area contributed by atoms with Crippen molar-refractivity contribution in [2.45, 2.75) is 0 Å². The Kier molecular flexibility index (Phi) is 2.54. The molecule has 0 aliphatic rings. The molecule has 1 heterocycles. The summed E-state index contributed by atoms with van der Waals surface area (Å²) in [6, 6.07) is 6.80. The summed E-state index contributed by atoms with van der Waals surface area (Å²) in [7, 11) is 0. The monoisotopic (exact) mass is 238 g/mol. The minimum Gasteiger partial charge on any atom is -0.477 e. The van der Waals surface area contributed by atoms with Crippen LogP contribution < -0.4 is 5.56 Å². The minimum absolute atomic E-state index is 0.320. The Bertz CT molecular complexity index is 600. The van der Waals surface area contributed by atoms with Crippen molar-refractivity contribution in [3.05, 3.63) is 51.4 Å². The molecule has 0 atom stereocenters. The first-order valence-electron chi connectivity index (χ1n) is 4.39. The van der Waals surface area contributed by atoms with Gasteiger partial charge in [-0.1, -0.05) is 23.7 Å². The molecule has 0 amide bonds. The predicted molar refractivity (Wildman–Crippen MR) is 58.4 cm³/mol. The third-order valence-electron chi connectivity index (χ3n) is 2.07. The lowest BCUT2D eigenvalue weighted by Gasteiger charge is -2.03. The number of aromatic carboxylic acids is 1. The Morgan fingerprint density at radius 3 is 2.62 bits per heavy atom. The first kappa shape index (κ1) is 10.5. The normalized spacial score (nSPS) is 10.3. The Hall–Kier alpha value is -2.01. The Labute approximate surface area is 94.9 Å². The smallest absolute Gasteiger partial charge is 0.342 e. The van der Waals surface area contributed by atoms with E-state index < -0.39 is 11.5 Å². The molecule has 0 saturated heterocycles. The van der Waals surface area contributed by atoms with Gasteiger partial charge >= 0.3 is 5.97 Å². The number of hydrogen-bond donors (Lipinski definition) is 2. The van der Waals surface area contributed by atoms with Crippen molar-refractivity contribution in [1.82, 2.24) is 9.78 Å². The maximum atomic E-state index is 11.3. The Morgan fingerprint density at radius 1 is 1.38 bits per heavy atom. The summed E-state index contributed by atoms with van der Waals surface area (Å²) in [5, 5.41) is 11.5. The fourth-order valence-corrected chi connectivity index (χ4v) is 1.55. The molecule has 2 rings (SSSR count). The van der Waals surface area contributed by atoms with E-state index in [1.54, 1.807) is 24.3 Å². The molecule has 0 aliphatic heterocycles. The van der Waals surface area contributed by atoms with Crippen LogP contribution >= 0.6 is 11.6 Å². The van der Waals surface area contributed by atoms with E-state index in [1.807, 2.05) is 0 Å². The van der Waals surface area contributed by atoms with Crippen molar-refractivity contribution in [2.75, 3.05) is 0 Å². The number of nitrogens with zero attached hydrogens (tertiary/aromatic N) is 1. The van der Waals surface area contributed by atoms with Gasteiger partial charge in [0.05, 0.1) is 10.7 Å². The average molecular weight is 239 g/mol. The lowest BCUT2D eigenvalue weighted by molar-refractivity contribution is 0.0695. The van der Waals surface area contributed by atoms with Gasteiger partial charge in [-0.05, 0) is 12.1 Å². The molecule has 0 radical (unpaired) electrons. The van der Waals surface area contributed by atoms with Gasteiger partial charge in [0.1, 0.15) is 5.56 Å². The number of carbonyl (C=O) groups is 1. The third-order valence-corrected chi connectivity index (χ3v) is 2.39. The second kappa shape index (κ2) is 3.86. The van der Waals surface area contributed by atoms with E-state index in [0.717, 1.165) is 0 Å². The van der Waals surface area contributed by atoms with Crippen molar-refractivity contribution in [3.63, 3.8) is 0 Å². The van der Waals surface area contributed by atoms with Crippen molar-refractivity contribution in [2.24, 2.45) is 0 Å². The zero-order valence-electron chi connectivity index (χ0n) is 7.98. The standard InChI is InChI=1S/C10H7ClN2O3/c11-7-3-1-2-4-8(7)13-5-6(10(15)16)9(14)12-13/h1-5H,(H,12,14)(H,15,16). The number of carboxylic acid groups (broad SMARTS) is 1. The van der Waals surface area contributed by atoms with Crippen LogP contribution in [-0.4, -0.2) is 20.9 Å². The Morgan fingerprint density at radius 2 is 2.06 bits per heavy atom. The lowest BCUT2D eigenvalue weighted by atomic mass is 10.3. The lowest BCUT2D eigenvalue weighted by Crippen LogP contribution is -2.11. The fourth-order valence-electron chi connectivity index (χ4n) is 1.32.